The molecule has 0 aromatic carbocycles. The van der Waals surface area contributed by atoms with Crippen molar-refractivity contribution in [3.05, 3.63) is 11.1 Å². The molecule has 0 saturated carbocycles. The summed E-state index contributed by atoms with van der Waals surface area (Å²) in [4.78, 5) is 10.3. The highest BCUT2D eigenvalue weighted by molar-refractivity contribution is 5.55. The van der Waals surface area contributed by atoms with Crippen LogP contribution in [0.3, 0.4) is 0 Å². The van der Waals surface area contributed by atoms with Crippen molar-refractivity contribution in [2.45, 2.75) is 40.0 Å². The fraction of sp³-hybridized carbons (Fsp3) is 0.700. The maximum atomic E-state index is 10.3. The SMILES string of the molecule is CC1=C(CC=O)CCC1(C)C. The first kappa shape index (κ1) is 8.51. The number of rotatable bonds is 2. The molecule has 0 aliphatic heterocycles. The van der Waals surface area contributed by atoms with Gasteiger partial charge in [-0.15, -0.1) is 0 Å². The third kappa shape index (κ3) is 1.52. The number of hydrogen-bond donors (Lipinski definition) is 0. The zero-order chi connectivity index (χ0) is 8.48. The van der Waals surface area contributed by atoms with Crippen LogP contribution >= 0.6 is 0 Å². The summed E-state index contributed by atoms with van der Waals surface area (Å²) in [6.07, 6.45) is 4.00. The van der Waals surface area contributed by atoms with E-state index in [1.54, 1.807) is 0 Å². The molecular weight excluding hydrogens is 136 g/mol. The summed E-state index contributed by atoms with van der Waals surface area (Å²) in [5.41, 5.74) is 3.15. The van der Waals surface area contributed by atoms with Crippen LogP contribution in [0.25, 0.3) is 0 Å². The Hall–Kier alpha value is -0.590. The van der Waals surface area contributed by atoms with Crippen molar-refractivity contribution in [3.63, 3.8) is 0 Å². The molecule has 11 heavy (non-hydrogen) atoms. The van der Waals surface area contributed by atoms with Crippen molar-refractivity contribution in [2.24, 2.45) is 5.41 Å². The number of aldehydes is 1. The third-order valence-corrected chi connectivity index (χ3v) is 2.93. The highest BCUT2D eigenvalue weighted by Crippen LogP contribution is 2.42. The van der Waals surface area contributed by atoms with Gasteiger partial charge in [-0.3, -0.25) is 0 Å². The predicted molar refractivity (Wildman–Crippen MR) is 46.4 cm³/mol. The van der Waals surface area contributed by atoms with Gasteiger partial charge in [0.1, 0.15) is 6.29 Å². The lowest BCUT2D eigenvalue weighted by atomic mass is 9.86. The van der Waals surface area contributed by atoms with Crippen LogP contribution in [0.2, 0.25) is 0 Å². The Bertz CT molecular complexity index is 199. The molecule has 1 heteroatoms. The van der Waals surface area contributed by atoms with Crippen LogP contribution in [0, 0.1) is 5.41 Å². The fourth-order valence-electron chi connectivity index (χ4n) is 1.67. The molecule has 1 aliphatic carbocycles. The molecule has 0 bridgehead atoms. The number of hydrogen-bond acceptors (Lipinski definition) is 1. The second-order valence-electron chi connectivity index (χ2n) is 3.98. The molecule has 62 valence electrons. The zero-order valence-corrected chi connectivity index (χ0v) is 7.61. The summed E-state index contributed by atoms with van der Waals surface area (Å²) >= 11 is 0. The summed E-state index contributed by atoms with van der Waals surface area (Å²) in [5.74, 6) is 0. The quantitative estimate of drug-likeness (QED) is 0.439. The molecular formula is C10H16O. The van der Waals surface area contributed by atoms with Gasteiger partial charge in [-0.1, -0.05) is 25.0 Å². The van der Waals surface area contributed by atoms with Crippen molar-refractivity contribution < 1.29 is 4.79 Å². The minimum atomic E-state index is 0.346. The molecule has 0 aromatic heterocycles. The van der Waals surface area contributed by atoms with E-state index in [9.17, 15) is 4.79 Å². The smallest absolute Gasteiger partial charge is 0.124 e. The van der Waals surface area contributed by atoms with Gasteiger partial charge in [-0.2, -0.15) is 0 Å². The van der Waals surface area contributed by atoms with Gasteiger partial charge in [0.05, 0.1) is 0 Å². The summed E-state index contributed by atoms with van der Waals surface area (Å²) in [6, 6.07) is 0. The Morgan fingerprint density at radius 3 is 2.55 bits per heavy atom. The lowest BCUT2D eigenvalue weighted by Gasteiger charge is -2.19. The first-order valence-electron chi connectivity index (χ1n) is 4.20. The highest BCUT2D eigenvalue weighted by Gasteiger charge is 2.28. The molecule has 0 spiro atoms. The van der Waals surface area contributed by atoms with E-state index in [-0.39, 0.29) is 0 Å². The first-order valence-corrected chi connectivity index (χ1v) is 4.20. The molecule has 0 radical (unpaired) electrons. The largest absolute Gasteiger partial charge is 0.303 e. The minimum absolute atomic E-state index is 0.346. The average molecular weight is 152 g/mol. The molecule has 0 saturated heterocycles. The van der Waals surface area contributed by atoms with Gasteiger partial charge in [-0.25, -0.2) is 0 Å². The molecule has 0 atom stereocenters. The lowest BCUT2D eigenvalue weighted by Crippen LogP contribution is -2.07. The Labute approximate surface area is 68.5 Å². The second kappa shape index (κ2) is 2.80. The van der Waals surface area contributed by atoms with Crippen LogP contribution in [0.1, 0.15) is 40.0 Å². The molecule has 0 N–H and O–H groups in total. The normalized spacial score (nSPS) is 22.5. The Morgan fingerprint density at radius 1 is 1.55 bits per heavy atom. The van der Waals surface area contributed by atoms with E-state index in [0.717, 1.165) is 12.7 Å². The monoisotopic (exact) mass is 152 g/mol. The van der Waals surface area contributed by atoms with Crippen LogP contribution in [0.4, 0.5) is 0 Å². The van der Waals surface area contributed by atoms with Gasteiger partial charge in [0, 0.05) is 6.42 Å². The Kier molecular flexibility index (Phi) is 2.17. The van der Waals surface area contributed by atoms with Crippen molar-refractivity contribution in [1.29, 1.82) is 0 Å². The van der Waals surface area contributed by atoms with Gasteiger partial charge in [0.15, 0.2) is 0 Å². The van der Waals surface area contributed by atoms with Crippen molar-refractivity contribution in [2.75, 3.05) is 0 Å². The fourth-order valence-corrected chi connectivity index (χ4v) is 1.67. The molecule has 0 aromatic rings. The van der Waals surface area contributed by atoms with E-state index in [4.69, 9.17) is 0 Å². The van der Waals surface area contributed by atoms with Crippen LogP contribution in [-0.4, -0.2) is 6.29 Å². The first-order chi connectivity index (χ1) is 5.08. The van der Waals surface area contributed by atoms with Crippen molar-refractivity contribution >= 4 is 6.29 Å². The van der Waals surface area contributed by atoms with Crippen LogP contribution in [-0.2, 0) is 4.79 Å². The van der Waals surface area contributed by atoms with Gasteiger partial charge in [-0.05, 0) is 25.2 Å². The second-order valence-corrected chi connectivity index (χ2v) is 3.98. The average Bonchev–Trinajstić information content (AvgIpc) is 2.17. The third-order valence-electron chi connectivity index (χ3n) is 2.93. The number of carbonyl (C=O) groups is 1. The Morgan fingerprint density at radius 2 is 2.18 bits per heavy atom. The van der Waals surface area contributed by atoms with Gasteiger partial charge in [0.25, 0.3) is 0 Å². The number of carbonyl (C=O) groups excluding carboxylic acids is 1. The van der Waals surface area contributed by atoms with E-state index in [0.29, 0.717) is 11.8 Å². The van der Waals surface area contributed by atoms with Gasteiger partial charge < -0.3 is 4.79 Å². The summed E-state index contributed by atoms with van der Waals surface area (Å²) < 4.78 is 0. The topological polar surface area (TPSA) is 17.1 Å². The number of allylic oxidation sites excluding steroid dienone is 2. The Balaban J connectivity index is 2.80. The highest BCUT2D eigenvalue weighted by atomic mass is 16.1. The van der Waals surface area contributed by atoms with Gasteiger partial charge in [0.2, 0.25) is 0 Å². The molecule has 1 nitrogen and oxygen atoms in total. The molecule has 0 heterocycles. The maximum absolute atomic E-state index is 10.3. The summed E-state index contributed by atoms with van der Waals surface area (Å²) in [6.45, 7) is 6.66. The van der Waals surface area contributed by atoms with E-state index in [1.165, 1.54) is 17.6 Å². The summed E-state index contributed by atoms with van der Waals surface area (Å²) in [7, 11) is 0. The molecule has 0 unspecified atom stereocenters. The van der Waals surface area contributed by atoms with Gasteiger partial charge >= 0.3 is 0 Å². The van der Waals surface area contributed by atoms with Crippen LogP contribution < -0.4 is 0 Å². The van der Waals surface area contributed by atoms with E-state index in [1.807, 2.05) is 0 Å². The minimum Gasteiger partial charge on any atom is -0.303 e. The van der Waals surface area contributed by atoms with E-state index < -0.39 is 0 Å². The zero-order valence-electron chi connectivity index (χ0n) is 7.61. The lowest BCUT2D eigenvalue weighted by molar-refractivity contribution is -0.107. The van der Waals surface area contributed by atoms with Crippen LogP contribution in [0.15, 0.2) is 11.1 Å². The van der Waals surface area contributed by atoms with E-state index in [2.05, 4.69) is 20.8 Å². The summed E-state index contributed by atoms with van der Waals surface area (Å²) in [5, 5.41) is 0. The molecule has 1 aliphatic rings. The van der Waals surface area contributed by atoms with Crippen molar-refractivity contribution in [3.8, 4) is 0 Å². The van der Waals surface area contributed by atoms with E-state index >= 15 is 0 Å². The molecule has 1 rings (SSSR count). The predicted octanol–water partition coefficient (Wildman–Crippen LogP) is 2.71. The van der Waals surface area contributed by atoms with Crippen LogP contribution in [0.5, 0.6) is 0 Å². The molecule has 0 amide bonds. The van der Waals surface area contributed by atoms with Crippen molar-refractivity contribution in [1.82, 2.24) is 0 Å². The molecule has 0 fully saturated rings. The maximum Gasteiger partial charge on any atom is 0.124 e. The standard InChI is InChI=1S/C10H16O/c1-8-9(5-7-11)4-6-10(8,2)3/h7H,4-6H2,1-3H3.